The molecular weight excluding hydrogens is 1470 g/mol. The predicted octanol–water partition coefficient (Wildman–Crippen LogP) is 26.5. The van der Waals surface area contributed by atoms with Crippen LogP contribution in [0.3, 0.4) is 0 Å². The molecule has 0 aromatic carbocycles. The number of esters is 7. The topological polar surface area (TPSA) is 184 Å². The van der Waals surface area contributed by atoms with Crippen molar-refractivity contribution in [2.24, 2.45) is 64.6 Å². The third-order valence-corrected chi connectivity index (χ3v) is 33.2. The first kappa shape index (κ1) is 94.7. The van der Waals surface area contributed by atoms with Crippen molar-refractivity contribution in [3.8, 4) is 0 Å². The second-order valence-electron chi connectivity index (χ2n) is 40.9. The van der Waals surface area contributed by atoms with E-state index >= 15 is 0 Å². The van der Waals surface area contributed by atoms with Crippen LogP contribution < -0.4 is 0 Å². The van der Waals surface area contributed by atoms with Gasteiger partial charge >= 0.3 is 41.8 Å². The zero-order valence-electron chi connectivity index (χ0n) is 74.9. The van der Waals surface area contributed by atoms with E-state index in [1.807, 2.05) is 0 Å². The summed E-state index contributed by atoms with van der Waals surface area (Å²) in [7, 11) is 0. The lowest BCUT2D eigenvalue weighted by Crippen LogP contribution is -2.48. The van der Waals surface area contributed by atoms with Crippen molar-refractivity contribution in [3.63, 3.8) is 0 Å². The van der Waals surface area contributed by atoms with E-state index in [2.05, 4.69) is 53.0 Å². The predicted molar refractivity (Wildman–Crippen MR) is 472 cm³/mol. The molecule has 0 N–H and O–H groups in total. The first-order chi connectivity index (χ1) is 56.8. The minimum Gasteiger partial charge on any atom is -0.456 e. The number of rotatable bonds is 21. The molecule has 0 heterocycles. The molecule has 0 spiro atoms. The summed E-state index contributed by atoms with van der Waals surface area (Å²) in [6.45, 7) is 32.8. The molecule has 6 atom stereocenters. The first-order valence-corrected chi connectivity index (χ1v) is 48.9. The standard InChI is InChI=1S/C16H24O2.C16H26O2.C15H22O2.2C15H24O2.C14H22O2.C13H20O2/c1-11(2)15(17)18-16(7-3-4-8-16)14-10-12-5-6-13(14)9-12;1-13(2)15(17)18-16(11-7-4-8-12-16)14-9-5-3-6-10-14;1-2-14(16)17-15(7-3-4-8-15)13-10-11-5-6-12(13)9-11;1-12(2)14(16)17-15(10-6-7-11-15)13-8-4-3-5-9-13;1-3-13(16)17-15(11-7-8-12-15)14(2)9-5-4-6-10-14;1-2-13(15)16-14(10-6-7-11-14)12-8-4-3-5-9-12;1-2-12(14)15-13(9-5-6-10-13)11-7-3-4-8-11/h12-14H,1,3-10H2,2H3;14H,1,3-12H2,2H3;2,11-13H,1,3-10H2;13H,1,3-11H2,2H3;3H,1,4-12H2,2H3;2,12H,1,3-11H2;2,11H,1,3-10H2. The largest absolute Gasteiger partial charge is 0.456 e. The van der Waals surface area contributed by atoms with E-state index in [9.17, 15) is 33.6 Å². The molecule has 0 amide bonds. The summed E-state index contributed by atoms with van der Waals surface area (Å²) in [5.41, 5.74) is 0.811. The highest BCUT2D eigenvalue weighted by Gasteiger charge is 2.57. The maximum Gasteiger partial charge on any atom is 0.333 e. The summed E-state index contributed by atoms with van der Waals surface area (Å²) in [6.07, 6.45) is 80.1. The van der Waals surface area contributed by atoms with Crippen LogP contribution in [0.15, 0.2) is 87.1 Å². The molecule has 16 fully saturated rings. The quantitative estimate of drug-likeness (QED) is 0.0600. The summed E-state index contributed by atoms with van der Waals surface area (Å²) >= 11 is 0. The highest BCUT2D eigenvalue weighted by Crippen LogP contribution is 2.60. The van der Waals surface area contributed by atoms with Gasteiger partial charge in [0.05, 0.1) is 0 Å². The van der Waals surface area contributed by atoms with Crippen LogP contribution in [0.25, 0.3) is 0 Å². The van der Waals surface area contributed by atoms with Gasteiger partial charge in [0.1, 0.15) is 39.2 Å². The lowest BCUT2D eigenvalue weighted by atomic mass is 9.63. The number of hydrogen-bond acceptors (Lipinski definition) is 14. The van der Waals surface area contributed by atoms with E-state index in [-0.39, 0.29) is 86.4 Å². The number of ether oxygens (including phenoxy) is 7. The highest BCUT2D eigenvalue weighted by atomic mass is 16.6. The fraction of sp³-hybridized carbons (Fsp3) is 0.798. The summed E-state index contributed by atoms with van der Waals surface area (Å²) in [6, 6.07) is 0. The Morgan fingerprint density at radius 2 is 0.475 bits per heavy atom. The SMILES string of the molecule is C=C(C)C(=O)OC1(C2CC3CCC2C3)CCCC1.C=C(C)C(=O)OC1(C2CCCCC2)CCCC1.C=C(C)C(=O)OC1(C2CCCCC2)CCCCC1.C=CC(=O)OC1(C2(C)CCCCC2)CCCC1.C=CC(=O)OC1(C2CC3CCC2C3)CCCC1.C=CC(=O)OC1(C2CCCC2)CCCC1.C=CC(=O)OC1(C2CCCCC2)CCCC1. The van der Waals surface area contributed by atoms with E-state index in [0.717, 1.165) is 114 Å². The van der Waals surface area contributed by atoms with Crippen LogP contribution in [-0.2, 0) is 66.7 Å². The molecule has 16 rings (SSSR count). The number of carbonyl (C=O) groups excluding carboxylic acids is 7. The lowest BCUT2D eigenvalue weighted by Gasteiger charge is -2.48. The van der Waals surface area contributed by atoms with E-state index in [0.29, 0.717) is 52.2 Å². The van der Waals surface area contributed by atoms with Gasteiger partial charge in [-0.25, -0.2) is 33.6 Å². The third kappa shape index (κ3) is 24.3. The zero-order valence-corrected chi connectivity index (χ0v) is 74.9. The molecule has 662 valence electrons. The van der Waals surface area contributed by atoms with Crippen molar-refractivity contribution < 1.29 is 66.7 Å². The normalized spacial score (nSPS) is 28.8. The van der Waals surface area contributed by atoms with Gasteiger partial charge < -0.3 is 33.2 Å². The van der Waals surface area contributed by atoms with Crippen LogP contribution in [0.2, 0.25) is 0 Å². The minimum absolute atomic E-state index is 0.120. The molecule has 16 saturated carbocycles. The van der Waals surface area contributed by atoms with Crippen LogP contribution in [0.1, 0.15) is 419 Å². The van der Waals surface area contributed by atoms with E-state index in [1.165, 1.54) is 326 Å². The Balaban J connectivity index is 0.000000145. The molecule has 0 aromatic rings. The van der Waals surface area contributed by atoms with Gasteiger partial charge in [0.25, 0.3) is 0 Å². The molecule has 14 nitrogen and oxygen atoms in total. The zero-order chi connectivity index (χ0) is 84.5. The summed E-state index contributed by atoms with van der Waals surface area (Å²) in [4.78, 5) is 81.8. The molecule has 16 aliphatic rings. The summed E-state index contributed by atoms with van der Waals surface area (Å²) < 4.78 is 40.8. The van der Waals surface area contributed by atoms with Crippen molar-refractivity contribution in [2.45, 2.75) is 459 Å². The fourth-order valence-corrected chi connectivity index (χ4v) is 26.9. The Hall–Kier alpha value is -5.53. The maximum absolute atomic E-state index is 11.9. The molecule has 0 aromatic heterocycles. The Morgan fingerprint density at radius 1 is 0.254 bits per heavy atom. The van der Waals surface area contributed by atoms with Gasteiger partial charge in [-0.1, -0.05) is 162 Å². The summed E-state index contributed by atoms with van der Waals surface area (Å²) in [5, 5.41) is 0. The number of hydrogen-bond donors (Lipinski definition) is 0. The first-order valence-electron chi connectivity index (χ1n) is 48.9. The van der Waals surface area contributed by atoms with Crippen LogP contribution in [0, 0.1) is 64.6 Å². The number of fused-ring (bicyclic) bond motifs is 4. The van der Waals surface area contributed by atoms with E-state index < -0.39 is 0 Å². The Kier molecular flexibility index (Phi) is 35.9. The molecule has 6 unspecified atom stereocenters. The van der Waals surface area contributed by atoms with Crippen molar-refractivity contribution in [1.29, 1.82) is 0 Å². The monoisotopic (exact) mass is 1640 g/mol. The average Bonchev–Trinajstić information content (AvgIpc) is 1.62. The van der Waals surface area contributed by atoms with Gasteiger partial charge in [0.15, 0.2) is 0 Å². The molecule has 0 saturated heterocycles. The lowest BCUT2D eigenvalue weighted by molar-refractivity contribution is -0.173. The van der Waals surface area contributed by atoms with Crippen molar-refractivity contribution in [3.05, 3.63) is 87.1 Å². The average molecular weight is 1640 g/mol. The second kappa shape index (κ2) is 44.7. The van der Waals surface area contributed by atoms with Crippen LogP contribution in [-0.4, -0.2) is 81.0 Å². The van der Waals surface area contributed by atoms with Gasteiger partial charge in [0.2, 0.25) is 0 Å². The Bertz CT molecular complexity index is 3290. The van der Waals surface area contributed by atoms with Gasteiger partial charge in [0, 0.05) is 58.3 Å². The minimum atomic E-state index is -0.237. The van der Waals surface area contributed by atoms with Crippen molar-refractivity contribution in [2.75, 3.05) is 0 Å². The van der Waals surface area contributed by atoms with Crippen molar-refractivity contribution >= 4 is 41.8 Å². The van der Waals surface area contributed by atoms with Gasteiger partial charge in [-0.05, 0) is 351 Å². The Morgan fingerprint density at radius 3 is 0.746 bits per heavy atom. The molecule has 0 radical (unpaired) electrons. The maximum atomic E-state index is 11.9. The molecule has 14 heteroatoms. The smallest absolute Gasteiger partial charge is 0.333 e. The molecule has 0 aliphatic heterocycles. The van der Waals surface area contributed by atoms with Crippen LogP contribution in [0.4, 0.5) is 0 Å². The second-order valence-corrected chi connectivity index (χ2v) is 40.9. The fourth-order valence-electron chi connectivity index (χ4n) is 26.9. The number of carbonyl (C=O) groups is 7. The highest BCUT2D eigenvalue weighted by molar-refractivity contribution is 5.88. The third-order valence-electron chi connectivity index (χ3n) is 33.2. The van der Waals surface area contributed by atoms with Gasteiger partial charge in [-0.15, -0.1) is 0 Å². The Labute approximate surface area is 714 Å². The summed E-state index contributed by atoms with van der Waals surface area (Å²) in [5.74, 6) is 5.75. The van der Waals surface area contributed by atoms with Crippen LogP contribution >= 0.6 is 0 Å². The van der Waals surface area contributed by atoms with Crippen molar-refractivity contribution in [1.82, 2.24) is 0 Å². The van der Waals surface area contributed by atoms with Gasteiger partial charge in [-0.2, -0.15) is 0 Å². The van der Waals surface area contributed by atoms with Crippen LogP contribution in [0.5, 0.6) is 0 Å². The van der Waals surface area contributed by atoms with E-state index in [4.69, 9.17) is 33.2 Å². The molecule has 4 bridgehead atoms. The molecular formula is C104H162O14. The van der Waals surface area contributed by atoms with E-state index in [1.54, 1.807) is 20.8 Å². The van der Waals surface area contributed by atoms with Gasteiger partial charge in [-0.3, -0.25) is 0 Å². The molecule has 16 aliphatic carbocycles. The molecule has 118 heavy (non-hydrogen) atoms.